The minimum absolute atomic E-state index is 0.580. The fourth-order valence-electron chi connectivity index (χ4n) is 1.95. The Labute approximate surface area is 122 Å². The van der Waals surface area contributed by atoms with Crippen molar-refractivity contribution >= 4 is 5.96 Å². The summed E-state index contributed by atoms with van der Waals surface area (Å²) in [6, 6.07) is 3.84. The van der Waals surface area contributed by atoms with Gasteiger partial charge in [0.25, 0.3) is 0 Å². The molecule has 4 nitrogen and oxygen atoms in total. The van der Waals surface area contributed by atoms with Crippen molar-refractivity contribution in [3.63, 3.8) is 0 Å². The summed E-state index contributed by atoms with van der Waals surface area (Å²) in [6.07, 6.45) is 8.40. The number of aliphatic imine (C=N–C) groups is 1. The number of guanidine groups is 1. The standard InChI is InChI=1S/C16H27N3O/c1-4-6-7-8-9-12-19(3)16(17-5-2)18-14-15-11-10-13-20-15/h4,10-11,13H,1,5-9,12,14H2,2-3H3,(H,17,18). The number of unbranched alkanes of at least 4 members (excludes halogenated alkanes) is 3. The van der Waals surface area contributed by atoms with Crippen molar-refractivity contribution in [2.75, 3.05) is 20.1 Å². The van der Waals surface area contributed by atoms with Crippen molar-refractivity contribution in [2.45, 2.75) is 39.2 Å². The number of furan rings is 1. The molecule has 0 amide bonds. The van der Waals surface area contributed by atoms with Crippen LogP contribution >= 0.6 is 0 Å². The Balaban J connectivity index is 2.38. The van der Waals surface area contributed by atoms with Gasteiger partial charge in [-0.3, -0.25) is 0 Å². The number of nitrogens with zero attached hydrogens (tertiary/aromatic N) is 2. The van der Waals surface area contributed by atoms with Crippen molar-refractivity contribution in [3.05, 3.63) is 36.8 Å². The van der Waals surface area contributed by atoms with E-state index in [4.69, 9.17) is 4.42 Å². The topological polar surface area (TPSA) is 40.8 Å². The maximum absolute atomic E-state index is 5.30. The highest BCUT2D eigenvalue weighted by molar-refractivity contribution is 5.79. The maximum Gasteiger partial charge on any atom is 0.194 e. The van der Waals surface area contributed by atoms with Crippen LogP contribution in [0, 0.1) is 0 Å². The largest absolute Gasteiger partial charge is 0.467 e. The molecule has 0 radical (unpaired) electrons. The predicted octanol–water partition coefficient (Wildman–Crippen LogP) is 3.42. The van der Waals surface area contributed by atoms with Gasteiger partial charge in [-0.05, 0) is 38.3 Å². The van der Waals surface area contributed by atoms with Gasteiger partial charge in [0.1, 0.15) is 12.3 Å². The van der Waals surface area contributed by atoms with E-state index in [2.05, 4.69) is 35.8 Å². The minimum Gasteiger partial charge on any atom is -0.467 e. The number of hydrogen-bond acceptors (Lipinski definition) is 2. The van der Waals surface area contributed by atoms with Crippen LogP contribution in [-0.4, -0.2) is 31.0 Å². The molecule has 1 rings (SSSR count). The Morgan fingerprint density at radius 2 is 2.30 bits per heavy atom. The Morgan fingerprint density at radius 1 is 1.45 bits per heavy atom. The van der Waals surface area contributed by atoms with E-state index < -0.39 is 0 Å². The van der Waals surface area contributed by atoms with Crippen LogP contribution in [0.4, 0.5) is 0 Å². The molecule has 0 bridgehead atoms. The van der Waals surface area contributed by atoms with Crippen LogP contribution in [0.2, 0.25) is 0 Å². The average molecular weight is 277 g/mol. The molecule has 1 aromatic rings. The van der Waals surface area contributed by atoms with Crippen LogP contribution in [0.15, 0.2) is 40.5 Å². The molecule has 0 aliphatic carbocycles. The van der Waals surface area contributed by atoms with Gasteiger partial charge in [0.2, 0.25) is 0 Å². The van der Waals surface area contributed by atoms with E-state index in [1.54, 1.807) is 6.26 Å². The maximum atomic E-state index is 5.30. The zero-order chi connectivity index (χ0) is 14.6. The molecule has 0 aliphatic heterocycles. The van der Waals surface area contributed by atoms with E-state index in [1.165, 1.54) is 19.3 Å². The summed E-state index contributed by atoms with van der Waals surface area (Å²) >= 11 is 0. The molecule has 0 saturated carbocycles. The second-order valence-electron chi connectivity index (χ2n) is 4.81. The molecule has 4 heteroatoms. The van der Waals surface area contributed by atoms with Crippen molar-refractivity contribution < 1.29 is 4.42 Å². The van der Waals surface area contributed by atoms with Crippen LogP contribution in [0.25, 0.3) is 0 Å². The molecule has 0 atom stereocenters. The van der Waals surface area contributed by atoms with Gasteiger partial charge < -0.3 is 14.6 Å². The molecule has 1 N–H and O–H groups in total. The summed E-state index contributed by atoms with van der Waals surface area (Å²) in [4.78, 5) is 6.77. The second-order valence-corrected chi connectivity index (χ2v) is 4.81. The van der Waals surface area contributed by atoms with E-state index in [0.717, 1.165) is 31.2 Å². The molecule has 0 aliphatic rings. The minimum atomic E-state index is 0.580. The van der Waals surface area contributed by atoms with Crippen LogP contribution in [0.3, 0.4) is 0 Å². The zero-order valence-corrected chi connectivity index (χ0v) is 12.8. The van der Waals surface area contributed by atoms with Gasteiger partial charge in [-0.2, -0.15) is 0 Å². The number of hydrogen-bond donors (Lipinski definition) is 1. The quantitative estimate of drug-likeness (QED) is 0.325. The molecule has 0 spiro atoms. The fourth-order valence-corrected chi connectivity index (χ4v) is 1.95. The average Bonchev–Trinajstić information content (AvgIpc) is 2.96. The van der Waals surface area contributed by atoms with Gasteiger partial charge in [-0.25, -0.2) is 4.99 Å². The monoisotopic (exact) mass is 277 g/mol. The lowest BCUT2D eigenvalue weighted by molar-refractivity contribution is 0.452. The summed E-state index contributed by atoms with van der Waals surface area (Å²) in [5, 5.41) is 3.31. The first-order valence-corrected chi connectivity index (χ1v) is 7.40. The van der Waals surface area contributed by atoms with E-state index in [0.29, 0.717) is 6.54 Å². The Hall–Kier alpha value is -1.71. The fraction of sp³-hybridized carbons (Fsp3) is 0.562. The van der Waals surface area contributed by atoms with Crippen LogP contribution < -0.4 is 5.32 Å². The number of nitrogens with one attached hydrogen (secondary N) is 1. The van der Waals surface area contributed by atoms with Crippen LogP contribution in [0.1, 0.15) is 38.4 Å². The summed E-state index contributed by atoms with van der Waals surface area (Å²) in [5.41, 5.74) is 0. The van der Waals surface area contributed by atoms with Gasteiger partial charge >= 0.3 is 0 Å². The molecule has 112 valence electrons. The van der Waals surface area contributed by atoms with Gasteiger partial charge in [0.05, 0.1) is 6.26 Å². The van der Waals surface area contributed by atoms with Gasteiger partial charge in [-0.1, -0.05) is 12.5 Å². The first-order valence-electron chi connectivity index (χ1n) is 7.40. The highest BCUT2D eigenvalue weighted by atomic mass is 16.3. The van der Waals surface area contributed by atoms with E-state index >= 15 is 0 Å². The molecule has 0 saturated heterocycles. The molecule has 1 heterocycles. The van der Waals surface area contributed by atoms with Crippen molar-refractivity contribution in [3.8, 4) is 0 Å². The van der Waals surface area contributed by atoms with Gasteiger partial charge in [0.15, 0.2) is 5.96 Å². The second kappa shape index (κ2) is 10.1. The van der Waals surface area contributed by atoms with Crippen LogP contribution in [-0.2, 0) is 6.54 Å². The lowest BCUT2D eigenvalue weighted by atomic mass is 10.2. The smallest absolute Gasteiger partial charge is 0.194 e. The highest BCUT2D eigenvalue weighted by Gasteiger charge is 2.05. The normalized spacial score (nSPS) is 11.4. The Kier molecular flexibility index (Phi) is 8.27. The predicted molar refractivity (Wildman–Crippen MR) is 84.8 cm³/mol. The Bertz CT molecular complexity index is 384. The van der Waals surface area contributed by atoms with Gasteiger partial charge in [-0.15, -0.1) is 6.58 Å². The zero-order valence-electron chi connectivity index (χ0n) is 12.8. The molecule has 0 aromatic carbocycles. The lowest BCUT2D eigenvalue weighted by Gasteiger charge is -2.21. The van der Waals surface area contributed by atoms with E-state index in [-0.39, 0.29) is 0 Å². The molecular weight excluding hydrogens is 250 g/mol. The third kappa shape index (κ3) is 6.45. The highest BCUT2D eigenvalue weighted by Crippen LogP contribution is 2.04. The third-order valence-electron chi connectivity index (χ3n) is 3.06. The van der Waals surface area contributed by atoms with Crippen molar-refractivity contribution in [1.29, 1.82) is 0 Å². The molecule has 1 aromatic heterocycles. The summed E-state index contributed by atoms with van der Waals surface area (Å²) in [7, 11) is 2.08. The van der Waals surface area contributed by atoms with E-state index in [1.807, 2.05) is 18.2 Å². The third-order valence-corrected chi connectivity index (χ3v) is 3.06. The summed E-state index contributed by atoms with van der Waals surface area (Å²) < 4.78 is 5.30. The van der Waals surface area contributed by atoms with Crippen molar-refractivity contribution in [2.24, 2.45) is 4.99 Å². The lowest BCUT2D eigenvalue weighted by Crippen LogP contribution is -2.39. The van der Waals surface area contributed by atoms with Gasteiger partial charge in [0, 0.05) is 20.1 Å². The first kappa shape index (κ1) is 16.3. The molecule has 20 heavy (non-hydrogen) atoms. The first-order chi connectivity index (χ1) is 9.77. The van der Waals surface area contributed by atoms with E-state index in [9.17, 15) is 0 Å². The molecule has 0 unspecified atom stereocenters. The SMILES string of the molecule is C=CCCCCCN(C)C(=NCc1ccco1)NCC. The summed E-state index contributed by atoms with van der Waals surface area (Å²) in [5.74, 6) is 1.83. The number of allylic oxidation sites excluding steroid dienone is 1. The van der Waals surface area contributed by atoms with Crippen molar-refractivity contribution in [1.82, 2.24) is 10.2 Å². The Morgan fingerprint density at radius 3 is 2.95 bits per heavy atom. The molecule has 0 fully saturated rings. The van der Waals surface area contributed by atoms with Crippen LogP contribution in [0.5, 0.6) is 0 Å². The molecular formula is C16H27N3O. The summed E-state index contributed by atoms with van der Waals surface area (Å²) in [6.45, 7) is 8.30. The number of rotatable bonds is 9.